The maximum absolute atomic E-state index is 11.8. The first kappa shape index (κ1) is 26.2. The van der Waals surface area contributed by atoms with Crippen LogP contribution in [0, 0.1) is 5.41 Å². The van der Waals surface area contributed by atoms with Gasteiger partial charge < -0.3 is 19.1 Å². The molecule has 5 heteroatoms. The number of hydrogen-bond donors (Lipinski definition) is 0. The third-order valence-electron chi connectivity index (χ3n) is 6.75. The van der Waals surface area contributed by atoms with Crippen molar-refractivity contribution >= 4 is 16.7 Å². The zero-order valence-corrected chi connectivity index (χ0v) is 22.0. The Balaban J connectivity index is 1.30. The second kappa shape index (κ2) is 11.9. The second-order valence-electron chi connectivity index (χ2n) is 10.8. The van der Waals surface area contributed by atoms with Gasteiger partial charge in [0, 0.05) is 18.9 Å². The molecule has 0 N–H and O–H groups in total. The minimum atomic E-state index is -0.471. The molecule has 0 spiro atoms. The van der Waals surface area contributed by atoms with E-state index in [2.05, 4.69) is 66.5 Å². The number of fused-ring (bicyclic) bond motifs is 1. The van der Waals surface area contributed by atoms with Gasteiger partial charge in [0.05, 0.1) is 31.3 Å². The molecule has 1 heterocycles. The summed E-state index contributed by atoms with van der Waals surface area (Å²) in [5.74, 6) is 1.01. The monoisotopic (exact) mass is 489 g/mol. The minimum absolute atomic E-state index is 0.138. The van der Waals surface area contributed by atoms with E-state index < -0.39 is 5.41 Å². The van der Waals surface area contributed by atoms with E-state index in [0.717, 1.165) is 25.3 Å². The number of ether oxygens (including phenoxy) is 3. The molecule has 0 radical (unpaired) electrons. The van der Waals surface area contributed by atoms with Crippen molar-refractivity contribution < 1.29 is 19.0 Å². The fraction of sp³-hybridized carbons (Fsp3) is 0.452. The van der Waals surface area contributed by atoms with Crippen LogP contribution in [0.25, 0.3) is 10.8 Å². The number of piperidine rings is 1. The van der Waals surface area contributed by atoms with E-state index >= 15 is 0 Å². The molecule has 2 atom stereocenters. The molecule has 0 saturated carbocycles. The largest absolute Gasteiger partial charge is 0.493 e. The molecule has 1 fully saturated rings. The second-order valence-corrected chi connectivity index (χ2v) is 10.8. The maximum atomic E-state index is 11.8. The molecule has 1 saturated heterocycles. The molecule has 192 valence electrons. The van der Waals surface area contributed by atoms with Crippen molar-refractivity contribution in [2.75, 3.05) is 33.4 Å². The van der Waals surface area contributed by atoms with Gasteiger partial charge in [0.15, 0.2) is 0 Å². The van der Waals surface area contributed by atoms with Crippen LogP contribution >= 0.6 is 0 Å². The van der Waals surface area contributed by atoms with Crippen LogP contribution in [0.5, 0.6) is 5.75 Å². The summed E-state index contributed by atoms with van der Waals surface area (Å²) in [6.45, 7) is 9.06. The van der Waals surface area contributed by atoms with Crippen molar-refractivity contribution in [3.8, 4) is 5.75 Å². The lowest BCUT2D eigenvalue weighted by Gasteiger charge is -2.37. The van der Waals surface area contributed by atoms with E-state index in [9.17, 15) is 4.79 Å². The Morgan fingerprint density at radius 1 is 0.972 bits per heavy atom. The van der Waals surface area contributed by atoms with Crippen LogP contribution in [0.1, 0.15) is 50.7 Å². The molecule has 0 aliphatic carbocycles. The Bertz CT molecular complexity index is 1140. The number of hydrogen-bond acceptors (Lipinski definition) is 5. The SMILES string of the molecule is CN1CCC(c2ccc(OCCCOC(=O)C(C)(C)C)cc2)C(OCc2ccc3ccccc3c2)C1. The fourth-order valence-electron chi connectivity index (χ4n) is 4.59. The Hall–Kier alpha value is -2.89. The molecule has 3 aromatic rings. The van der Waals surface area contributed by atoms with Gasteiger partial charge in [-0.05, 0) is 80.9 Å². The Morgan fingerprint density at radius 3 is 2.47 bits per heavy atom. The van der Waals surface area contributed by atoms with Crippen LogP contribution in [0.2, 0.25) is 0 Å². The van der Waals surface area contributed by atoms with Crippen LogP contribution in [-0.2, 0) is 20.9 Å². The summed E-state index contributed by atoms with van der Waals surface area (Å²) >= 11 is 0. The van der Waals surface area contributed by atoms with E-state index in [-0.39, 0.29) is 12.1 Å². The zero-order chi connectivity index (χ0) is 25.5. The Labute approximate surface area is 215 Å². The molecule has 36 heavy (non-hydrogen) atoms. The molecule has 3 aromatic carbocycles. The van der Waals surface area contributed by atoms with E-state index in [1.165, 1.54) is 21.9 Å². The number of carbonyl (C=O) groups excluding carboxylic acids is 1. The normalized spacial score (nSPS) is 18.8. The first-order valence-electron chi connectivity index (χ1n) is 13.0. The third-order valence-corrected chi connectivity index (χ3v) is 6.75. The van der Waals surface area contributed by atoms with Crippen molar-refractivity contribution in [2.24, 2.45) is 5.41 Å². The van der Waals surface area contributed by atoms with Crippen LogP contribution in [0.15, 0.2) is 66.7 Å². The van der Waals surface area contributed by atoms with Crippen molar-refractivity contribution in [3.05, 3.63) is 77.9 Å². The zero-order valence-electron chi connectivity index (χ0n) is 22.0. The summed E-state index contributed by atoms with van der Waals surface area (Å²) < 4.78 is 17.7. The van der Waals surface area contributed by atoms with Gasteiger partial charge in [-0.2, -0.15) is 0 Å². The topological polar surface area (TPSA) is 48.0 Å². The number of likely N-dealkylation sites (N-methyl/N-ethyl adjacent to an activating group) is 1. The number of rotatable bonds is 9. The van der Waals surface area contributed by atoms with Crippen LogP contribution < -0.4 is 4.74 Å². The highest BCUT2D eigenvalue weighted by Crippen LogP contribution is 2.32. The number of benzene rings is 3. The number of esters is 1. The predicted octanol–water partition coefficient (Wildman–Crippen LogP) is 6.20. The smallest absolute Gasteiger partial charge is 0.311 e. The summed E-state index contributed by atoms with van der Waals surface area (Å²) in [5, 5.41) is 2.50. The quantitative estimate of drug-likeness (QED) is 0.264. The Morgan fingerprint density at radius 2 is 1.72 bits per heavy atom. The van der Waals surface area contributed by atoms with Gasteiger partial charge in [0.25, 0.3) is 0 Å². The van der Waals surface area contributed by atoms with Gasteiger partial charge in [-0.25, -0.2) is 0 Å². The van der Waals surface area contributed by atoms with E-state index in [4.69, 9.17) is 14.2 Å². The maximum Gasteiger partial charge on any atom is 0.311 e. The van der Waals surface area contributed by atoms with Gasteiger partial charge in [-0.15, -0.1) is 0 Å². The van der Waals surface area contributed by atoms with Gasteiger partial charge in [0.2, 0.25) is 0 Å². The van der Waals surface area contributed by atoms with Crippen LogP contribution in [0.3, 0.4) is 0 Å². The number of likely N-dealkylation sites (tertiary alicyclic amines) is 1. The van der Waals surface area contributed by atoms with Gasteiger partial charge >= 0.3 is 5.97 Å². The van der Waals surface area contributed by atoms with Crippen molar-refractivity contribution in [2.45, 2.75) is 52.2 Å². The standard InChI is InChI=1S/C31H39NO4/c1-31(2,3)30(33)35-19-7-18-34-27-14-12-25(13-15-27)28-16-17-32(4)21-29(28)36-22-23-10-11-24-8-5-6-9-26(24)20-23/h5-6,8-15,20,28-29H,7,16-19,21-22H2,1-4H3. The average Bonchev–Trinajstić information content (AvgIpc) is 2.87. The average molecular weight is 490 g/mol. The van der Waals surface area contributed by atoms with Crippen LogP contribution in [0.4, 0.5) is 0 Å². The van der Waals surface area contributed by atoms with Gasteiger partial charge in [-0.1, -0.05) is 48.5 Å². The first-order valence-corrected chi connectivity index (χ1v) is 13.0. The highest BCUT2D eigenvalue weighted by atomic mass is 16.5. The summed E-state index contributed by atoms with van der Waals surface area (Å²) in [7, 11) is 2.16. The van der Waals surface area contributed by atoms with Crippen molar-refractivity contribution in [1.29, 1.82) is 0 Å². The molecule has 2 unspecified atom stereocenters. The summed E-state index contributed by atoms with van der Waals surface area (Å²) in [5.41, 5.74) is 2.03. The van der Waals surface area contributed by atoms with Gasteiger partial charge in [0.1, 0.15) is 5.75 Å². The summed E-state index contributed by atoms with van der Waals surface area (Å²) in [6, 6.07) is 23.4. The summed E-state index contributed by atoms with van der Waals surface area (Å²) in [4.78, 5) is 14.2. The number of carbonyl (C=O) groups is 1. The predicted molar refractivity (Wildman–Crippen MR) is 144 cm³/mol. The molecular formula is C31H39NO4. The molecule has 0 bridgehead atoms. The van der Waals surface area contributed by atoms with E-state index in [0.29, 0.717) is 32.2 Å². The number of nitrogens with zero attached hydrogens (tertiary/aromatic N) is 1. The minimum Gasteiger partial charge on any atom is -0.493 e. The summed E-state index contributed by atoms with van der Waals surface area (Å²) in [6.07, 6.45) is 1.88. The molecular weight excluding hydrogens is 450 g/mol. The third kappa shape index (κ3) is 7.08. The van der Waals surface area contributed by atoms with Crippen LogP contribution in [-0.4, -0.2) is 50.3 Å². The van der Waals surface area contributed by atoms with Crippen molar-refractivity contribution in [1.82, 2.24) is 4.90 Å². The molecule has 4 rings (SSSR count). The lowest BCUT2D eigenvalue weighted by Crippen LogP contribution is -2.42. The molecule has 1 aliphatic heterocycles. The van der Waals surface area contributed by atoms with E-state index in [1.807, 2.05) is 32.9 Å². The Kier molecular flexibility index (Phi) is 8.65. The highest BCUT2D eigenvalue weighted by Gasteiger charge is 2.30. The first-order chi connectivity index (χ1) is 17.3. The van der Waals surface area contributed by atoms with E-state index in [1.54, 1.807) is 0 Å². The van der Waals surface area contributed by atoms with Gasteiger partial charge in [-0.3, -0.25) is 4.79 Å². The lowest BCUT2D eigenvalue weighted by atomic mass is 9.87. The fourth-order valence-corrected chi connectivity index (χ4v) is 4.59. The molecule has 0 amide bonds. The van der Waals surface area contributed by atoms with Crippen molar-refractivity contribution in [3.63, 3.8) is 0 Å². The highest BCUT2D eigenvalue weighted by molar-refractivity contribution is 5.82. The molecule has 0 aromatic heterocycles. The lowest BCUT2D eigenvalue weighted by molar-refractivity contribution is -0.153. The molecule has 5 nitrogen and oxygen atoms in total. The molecule has 1 aliphatic rings.